The first-order valence-corrected chi connectivity index (χ1v) is 5.59. The molecule has 7 nitrogen and oxygen atoms in total. The fraction of sp³-hybridized carbons (Fsp3) is 0.455. The second kappa shape index (κ2) is 5.09. The van der Waals surface area contributed by atoms with Gasteiger partial charge in [0.15, 0.2) is 11.6 Å². The Labute approximate surface area is 105 Å². The molecule has 0 fully saturated rings. The second-order valence-electron chi connectivity index (χ2n) is 3.83. The van der Waals surface area contributed by atoms with Gasteiger partial charge in [0, 0.05) is 20.2 Å². The molecule has 0 aliphatic rings. The number of hydrogen-bond acceptors (Lipinski definition) is 6. The predicted octanol–water partition coefficient (Wildman–Crippen LogP) is 0.862. The van der Waals surface area contributed by atoms with Gasteiger partial charge in [0.25, 0.3) is 0 Å². The van der Waals surface area contributed by atoms with E-state index in [1.54, 1.807) is 11.8 Å². The fourth-order valence-electron chi connectivity index (χ4n) is 1.65. The minimum Gasteiger partial charge on any atom is -0.377 e. The normalized spacial score (nSPS) is 10.7. The van der Waals surface area contributed by atoms with Crippen molar-refractivity contribution in [2.75, 3.05) is 19.5 Å². The van der Waals surface area contributed by atoms with Crippen molar-refractivity contribution in [3.63, 3.8) is 0 Å². The third kappa shape index (κ3) is 2.45. The van der Waals surface area contributed by atoms with Gasteiger partial charge >= 0.3 is 0 Å². The lowest BCUT2D eigenvalue weighted by atomic mass is 10.4. The average Bonchev–Trinajstić information content (AvgIpc) is 2.68. The van der Waals surface area contributed by atoms with Crippen molar-refractivity contribution in [1.82, 2.24) is 24.7 Å². The first kappa shape index (κ1) is 12.4. The van der Waals surface area contributed by atoms with E-state index in [-0.39, 0.29) is 0 Å². The zero-order valence-electron chi connectivity index (χ0n) is 10.9. The van der Waals surface area contributed by atoms with Crippen molar-refractivity contribution in [3.05, 3.63) is 23.5 Å². The zero-order chi connectivity index (χ0) is 13.1. The third-order valence-corrected chi connectivity index (χ3v) is 2.38. The number of anilines is 1. The van der Waals surface area contributed by atoms with E-state index in [0.29, 0.717) is 24.1 Å². The Bertz CT molecular complexity index is 550. The van der Waals surface area contributed by atoms with Crippen molar-refractivity contribution < 1.29 is 4.74 Å². The summed E-state index contributed by atoms with van der Waals surface area (Å²) in [5, 5.41) is 7.30. The Morgan fingerprint density at radius 1 is 1.28 bits per heavy atom. The summed E-state index contributed by atoms with van der Waals surface area (Å²) in [6.45, 7) is 4.09. The predicted molar refractivity (Wildman–Crippen MR) is 66.7 cm³/mol. The molecule has 0 spiro atoms. The van der Waals surface area contributed by atoms with Gasteiger partial charge < -0.3 is 10.1 Å². The number of ether oxygens (including phenoxy) is 1. The Morgan fingerprint density at radius 2 is 2.06 bits per heavy atom. The Hall–Kier alpha value is -2.02. The number of nitrogens with one attached hydrogen (secondary N) is 1. The molecule has 1 N–H and O–H groups in total. The Balaban J connectivity index is 2.49. The Morgan fingerprint density at radius 3 is 2.61 bits per heavy atom. The molecule has 0 saturated carbocycles. The van der Waals surface area contributed by atoms with Crippen LogP contribution in [0, 0.1) is 13.8 Å². The van der Waals surface area contributed by atoms with Crippen LogP contribution in [-0.2, 0) is 11.3 Å². The van der Waals surface area contributed by atoms with Gasteiger partial charge in [-0.1, -0.05) is 0 Å². The van der Waals surface area contributed by atoms with Crippen molar-refractivity contribution in [2.45, 2.75) is 20.5 Å². The van der Waals surface area contributed by atoms with E-state index in [4.69, 9.17) is 4.74 Å². The molecule has 0 aliphatic heterocycles. The van der Waals surface area contributed by atoms with Gasteiger partial charge in [-0.15, -0.1) is 5.10 Å². The van der Waals surface area contributed by atoms with E-state index in [2.05, 4.69) is 25.4 Å². The van der Waals surface area contributed by atoms with Crippen LogP contribution in [0.5, 0.6) is 0 Å². The van der Waals surface area contributed by atoms with Gasteiger partial charge in [0.05, 0.1) is 0 Å². The highest BCUT2D eigenvalue weighted by atomic mass is 16.5. The molecule has 2 aromatic heterocycles. The average molecular weight is 248 g/mol. The molecule has 7 heteroatoms. The van der Waals surface area contributed by atoms with Crippen molar-refractivity contribution in [1.29, 1.82) is 0 Å². The quantitative estimate of drug-likeness (QED) is 0.864. The van der Waals surface area contributed by atoms with Crippen LogP contribution in [0.15, 0.2) is 6.07 Å². The minimum absolute atomic E-state index is 0.356. The van der Waals surface area contributed by atoms with E-state index in [0.717, 1.165) is 11.6 Å². The minimum atomic E-state index is 0.356. The molecule has 2 aromatic rings. The lowest BCUT2D eigenvalue weighted by Gasteiger charge is -2.07. The molecule has 0 amide bonds. The van der Waals surface area contributed by atoms with Gasteiger partial charge in [0.2, 0.25) is 0 Å². The van der Waals surface area contributed by atoms with E-state index >= 15 is 0 Å². The smallest absolute Gasteiger partial charge is 0.161 e. The molecule has 0 radical (unpaired) electrons. The highest BCUT2D eigenvalue weighted by Crippen LogP contribution is 2.12. The maximum absolute atomic E-state index is 5.06. The van der Waals surface area contributed by atoms with E-state index in [1.165, 1.54) is 0 Å². The van der Waals surface area contributed by atoms with Crippen LogP contribution in [0.3, 0.4) is 0 Å². The summed E-state index contributed by atoms with van der Waals surface area (Å²) in [5.41, 5.74) is 0. The van der Waals surface area contributed by atoms with E-state index in [9.17, 15) is 0 Å². The number of hydrogen-bond donors (Lipinski definition) is 1. The second-order valence-corrected chi connectivity index (χ2v) is 3.83. The molecular weight excluding hydrogens is 232 g/mol. The summed E-state index contributed by atoms with van der Waals surface area (Å²) in [7, 11) is 3.42. The molecule has 0 aliphatic carbocycles. The van der Waals surface area contributed by atoms with Crippen molar-refractivity contribution >= 4 is 5.82 Å². The molecule has 0 bridgehead atoms. The third-order valence-electron chi connectivity index (χ3n) is 2.38. The maximum Gasteiger partial charge on any atom is 0.161 e. The standard InChI is InChI=1S/C11H16N6O/c1-7-13-8(2)17(16-7)11-5-9(12-3)14-10(15-11)6-18-4/h5H,6H2,1-4H3,(H,12,14,15). The molecule has 18 heavy (non-hydrogen) atoms. The van der Waals surface area contributed by atoms with Crippen LogP contribution >= 0.6 is 0 Å². The zero-order valence-corrected chi connectivity index (χ0v) is 10.9. The van der Waals surface area contributed by atoms with Gasteiger partial charge in [-0.2, -0.15) is 4.68 Å². The maximum atomic E-state index is 5.06. The summed E-state index contributed by atoms with van der Waals surface area (Å²) >= 11 is 0. The largest absolute Gasteiger partial charge is 0.377 e. The molecule has 96 valence electrons. The number of rotatable bonds is 4. The van der Waals surface area contributed by atoms with E-state index < -0.39 is 0 Å². The summed E-state index contributed by atoms with van der Waals surface area (Å²) in [4.78, 5) is 13.0. The molecule has 0 aromatic carbocycles. The topological polar surface area (TPSA) is 77.8 Å². The number of methoxy groups -OCH3 is 1. The van der Waals surface area contributed by atoms with Crippen molar-refractivity contribution in [3.8, 4) is 5.82 Å². The SMILES string of the molecule is CNc1cc(-n2nc(C)nc2C)nc(COC)n1. The molecule has 0 atom stereocenters. The Kier molecular flexibility index (Phi) is 3.52. The van der Waals surface area contributed by atoms with Crippen LogP contribution in [0.2, 0.25) is 0 Å². The first-order chi connectivity index (χ1) is 8.63. The molecule has 2 heterocycles. The lowest BCUT2D eigenvalue weighted by Crippen LogP contribution is -2.08. The van der Waals surface area contributed by atoms with Crippen molar-refractivity contribution in [2.24, 2.45) is 0 Å². The first-order valence-electron chi connectivity index (χ1n) is 5.59. The molecular formula is C11H16N6O. The molecule has 2 rings (SSSR count). The van der Waals surface area contributed by atoms with Crippen LogP contribution in [-0.4, -0.2) is 38.9 Å². The number of aryl methyl sites for hydroxylation is 2. The highest BCUT2D eigenvalue weighted by molar-refractivity contribution is 5.41. The monoisotopic (exact) mass is 248 g/mol. The number of nitrogens with zero attached hydrogens (tertiary/aromatic N) is 5. The van der Waals surface area contributed by atoms with E-state index in [1.807, 2.05) is 27.0 Å². The number of aromatic nitrogens is 5. The van der Waals surface area contributed by atoms with Gasteiger partial charge in [-0.3, -0.25) is 0 Å². The van der Waals surface area contributed by atoms with Crippen LogP contribution in [0.4, 0.5) is 5.82 Å². The summed E-state index contributed by atoms with van der Waals surface area (Å²) < 4.78 is 6.75. The summed E-state index contributed by atoms with van der Waals surface area (Å²) in [6.07, 6.45) is 0. The van der Waals surface area contributed by atoms with Gasteiger partial charge in [-0.05, 0) is 13.8 Å². The lowest BCUT2D eigenvalue weighted by molar-refractivity contribution is 0.178. The van der Waals surface area contributed by atoms with Gasteiger partial charge in [-0.25, -0.2) is 15.0 Å². The molecule has 0 unspecified atom stereocenters. The van der Waals surface area contributed by atoms with Gasteiger partial charge in [0.1, 0.15) is 24.1 Å². The summed E-state index contributed by atoms with van der Waals surface area (Å²) in [6, 6.07) is 1.82. The molecule has 0 saturated heterocycles. The fourth-order valence-corrected chi connectivity index (χ4v) is 1.65. The highest BCUT2D eigenvalue weighted by Gasteiger charge is 2.10. The van der Waals surface area contributed by atoms with Crippen LogP contribution in [0.25, 0.3) is 5.82 Å². The summed E-state index contributed by atoms with van der Waals surface area (Å²) in [5.74, 6) is 3.51. The van der Waals surface area contributed by atoms with Crippen LogP contribution in [0.1, 0.15) is 17.5 Å². The van der Waals surface area contributed by atoms with Crippen LogP contribution < -0.4 is 5.32 Å².